The lowest BCUT2D eigenvalue weighted by molar-refractivity contribution is -0.129. The summed E-state index contributed by atoms with van der Waals surface area (Å²) < 4.78 is 11.4. The summed E-state index contributed by atoms with van der Waals surface area (Å²) in [6, 6.07) is 28.1. The van der Waals surface area contributed by atoms with Crippen LogP contribution in [0.5, 0.6) is 0 Å². The number of hydrogen-bond donors (Lipinski definition) is 1. The Bertz CT molecular complexity index is 1180. The largest absolute Gasteiger partial charge is 0.444 e. The first kappa shape index (κ1) is 25.9. The van der Waals surface area contributed by atoms with Gasteiger partial charge in [-0.15, -0.1) is 0 Å². The molecule has 0 spiro atoms. The minimum atomic E-state index is -1.20. The molecule has 1 unspecified atom stereocenters. The highest BCUT2D eigenvalue weighted by atomic mass is 16.6. The number of nitrogens with zero attached hydrogens (tertiary/aromatic N) is 1. The molecule has 3 aromatic carbocycles. The van der Waals surface area contributed by atoms with Crippen LogP contribution in [0.3, 0.4) is 0 Å². The molecular weight excluding hydrogens is 468 g/mol. The van der Waals surface area contributed by atoms with Crippen LogP contribution in [0, 0.1) is 0 Å². The molecule has 1 atom stereocenters. The summed E-state index contributed by atoms with van der Waals surface area (Å²) in [5.74, 6) is -0.435. The van der Waals surface area contributed by atoms with E-state index in [1.807, 2.05) is 91.0 Å². The lowest BCUT2D eigenvalue weighted by Crippen LogP contribution is -2.48. The monoisotopic (exact) mass is 500 g/mol. The zero-order valence-corrected chi connectivity index (χ0v) is 21.3. The highest BCUT2D eigenvalue weighted by molar-refractivity contribution is 5.95. The van der Waals surface area contributed by atoms with E-state index in [1.165, 1.54) is 4.90 Å². The molecule has 1 saturated heterocycles. The number of benzene rings is 3. The molecule has 4 rings (SSSR count). The Labute approximate surface area is 217 Å². The normalized spacial score (nSPS) is 16.7. The van der Waals surface area contributed by atoms with Crippen molar-refractivity contribution in [1.29, 1.82) is 0 Å². The number of nitrogens with one attached hydrogen (secondary N) is 1. The van der Waals surface area contributed by atoms with Crippen molar-refractivity contribution in [1.82, 2.24) is 10.2 Å². The maximum absolute atomic E-state index is 13.5. The van der Waals surface area contributed by atoms with Gasteiger partial charge in [-0.05, 0) is 32.8 Å². The fourth-order valence-electron chi connectivity index (χ4n) is 4.66. The van der Waals surface area contributed by atoms with E-state index in [4.69, 9.17) is 9.47 Å². The number of alkyl carbamates (subject to hydrolysis) is 1. The number of carbonyl (C=O) groups excluding carboxylic acids is 3. The number of ether oxygens (including phenoxy) is 2. The lowest BCUT2D eigenvalue weighted by atomic mass is 9.77. The molecule has 0 radical (unpaired) electrons. The Morgan fingerprint density at radius 2 is 1.41 bits per heavy atom. The Morgan fingerprint density at radius 3 is 1.92 bits per heavy atom. The maximum atomic E-state index is 13.5. The number of cyclic esters (lactones) is 1. The quantitative estimate of drug-likeness (QED) is 0.467. The number of rotatable bonds is 7. The van der Waals surface area contributed by atoms with E-state index in [-0.39, 0.29) is 13.0 Å². The summed E-state index contributed by atoms with van der Waals surface area (Å²) in [4.78, 5) is 40.2. The van der Waals surface area contributed by atoms with Gasteiger partial charge in [0.25, 0.3) is 0 Å². The van der Waals surface area contributed by atoms with Crippen LogP contribution in [0.25, 0.3) is 0 Å². The molecule has 0 aliphatic carbocycles. The van der Waals surface area contributed by atoms with Crippen LogP contribution in [-0.4, -0.2) is 41.2 Å². The zero-order chi connectivity index (χ0) is 26.5. The highest BCUT2D eigenvalue weighted by Crippen LogP contribution is 2.46. The van der Waals surface area contributed by atoms with Crippen molar-refractivity contribution in [3.8, 4) is 0 Å². The summed E-state index contributed by atoms with van der Waals surface area (Å²) in [6.07, 6.45) is -1.02. The van der Waals surface area contributed by atoms with Crippen molar-refractivity contribution < 1.29 is 23.9 Å². The van der Waals surface area contributed by atoms with Gasteiger partial charge in [0.15, 0.2) is 5.60 Å². The first-order valence-corrected chi connectivity index (χ1v) is 12.4. The number of amides is 3. The van der Waals surface area contributed by atoms with Gasteiger partial charge in [-0.1, -0.05) is 91.0 Å². The fraction of sp³-hybridized carbons (Fsp3) is 0.300. The van der Waals surface area contributed by atoms with Gasteiger partial charge in [0.05, 0.1) is 6.04 Å². The molecule has 0 bridgehead atoms. The summed E-state index contributed by atoms with van der Waals surface area (Å²) in [5, 5.41) is 2.60. The third-order valence-corrected chi connectivity index (χ3v) is 6.18. The van der Waals surface area contributed by atoms with E-state index in [9.17, 15) is 14.4 Å². The second-order valence-corrected chi connectivity index (χ2v) is 9.98. The first-order valence-electron chi connectivity index (χ1n) is 12.4. The van der Waals surface area contributed by atoms with Crippen molar-refractivity contribution in [2.75, 3.05) is 6.54 Å². The van der Waals surface area contributed by atoms with Crippen LogP contribution >= 0.6 is 0 Å². The molecule has 1 heterocycles. The van der Waals surface area contributed by atoms with Crippen LogP contribution in [0.1, 0.15) is 43.9 Å². The predicted molar refractivity (Wildman–Crippen MR) is 140 cm³/mol. The van der Waals surface area contributed by atoms with E-state index < -0.39 is 35.3 Å². The standard InChI is InChI=1S/C30H32N2O5/c1-29(2,3)36-27(34)31-20-19-26(33)32-25(21-22-13-7-4-8-14-22)30(37-28(32)35,23-15-9-5-10-16-23)24-17-11-6-12-18-24/h4-18,25H,19-21H2,1-3H3,(H,31,34). The molecule has 1 fully saturated rings. The molecule has 0 aromatic heterocycles. The summed E-state index contributed by atoms with van der Waals surface area (Å²) in [6.45, 7) is 5.32. The van der Waals surface area contributed by atoms with Gasteiger partial charge in [0, 0.05) is 24.1 Å². The van der Waals surface area contributed by atoms with E-state index in [2.05, 4.69) is 5.32 Å². The Morgan fingerprint density at radius 1 is 0.892 bits per heavy atom. The van der Waals surface area contributed by atoms with Crippen LogP contribution in [0.4, 0.5) is 9.59 Å². The zero-order valence-electron chi connectivity index (χ0n) is 21.3. The average Bonchev–Trinajstić information content (AvgIpc) is 3.17. The molecule has 0 saturated carbocycles. The van der Waals surface area contributed by atoms with Crippen LogP contribution in [-0.2, 0) is 26.3 Å². The van der Waals surface area contributed by atoms with Gasteiger partial charge < -0.3 is 14.8 Å². The Hall–Kier alpha value is -4.13. The second kappa shape index (κ2) is 10.9. The van der Waals surface area contributed by atoms with E-state index >= 15 is 0 Å². The van der Waals surface area contributed by atoms with Gasteiger partial charge in [0.2, 0.25) is 5.91 Å². The third kappa shape index (κ3) is 5.82. The SMILES string of the molecule is CC(C)(C)OC(=O)NCCC(=O)N1C(=O)OC(c2ccccc2)(c2ccccc2)C1Cc1ccccc1. The van der Waals surface area contributed by atoms with Crippen molar-refractivity contribution in [3.63, 3.8) is 0 Å². The number of carbonyl (C=O) groups is 3. The van der Waals surface area contributed by atoms with Gasteiger partial charge >= 0.3 is 12.2 Å². The Balaban J connectivity index is 1.69. The lowest BCUT2D eigenvalue weighted by Gasteiger charge is -2.35. The molecule has 3 amide bonds. The molecular formula is C30H32N2O5. The molecule has 192 valence electrons. The van der Waals surface area contributed by atoms with E-state index in [0.29, 0.717) is 6.42 Å². The Kier molecular flexibility index (Phi) is 7.62. The van der Waals surface area contributed by atoms with Gasteiger partial charge in [-0.3, -0.25) is 4.79 Å². The molecule has 1 N–H and O–H groups in total. The molecule has 7 heteroatoms. The topological polar surface area (TPSA) is 84.9 Å². The number of hydrogen-bond acceptors (Lipinski definition) is 5. The molecule has 37 heavy (non-hydrogen) atoms. The minimum Gasteiger partial charge on any atom is -0.444 e. The van der Waals surface area contributed by atoms with Crippen LogP contribution in [0.15, 0.2) is 91.0 Å². The third-order valence-electron chi connectivity index (χ3n) is 6.18. The molecule has 3 aromatic rings. The minimum absolute atomic E-state index is 0.0270. The highest BCUT2D eigenvalue weighted by Gasteiger charge is 2.57. The average molecular weight is 501 g/mol. The van der Waals surface area contributed by atoms with Crippen molar-refractivity contribution in [3.05, 3.63) is 108 Å². The molecule has 7 nitrogen and oxygen atoms in total. The first-order chi connectivity index (χ1) is 17.7. The molecule has 1 aliphatic heterocycles. The second-order valence-electron chi connectivity index (χ2n) is 9.98. The molecule has 1 aliphatic rings. The van der Waals surface area contributed by atoms with E-state index in [1.54, 1.807) is 20.8 Å². The summed E-state index contributed by atoms with van der Waals surface area (Å²) in [7, 11) is 0. The number of imide groups is 1. The van der Waals surface area contributed by atoms with Crippen LogP contribution < -0.4 is 5.32 Å². The van der Waals surface area contributed by atoms with Crippen molar-refractivity contribution in [2.45, 2.75) is 50.9 Å². The van der Waals surface area contributed by atoms with Crippen molar-refractivity contribution >= 4 is 18.1 Å². The van der Waals surface area contributed by atoms with E-state index in [0.717, 1.165) is 16.7 Å². The summed E-state index contributed by atoms with van der Waals surface area (Å²) >= 11 is 0. The van der Waals surface area contributed by atoms with Gasteiger partial charge in [0.1, 0.15) is 5.60 Å². The van der Waals surface area contributed by atoms with Crippen molar-refractivity contribution in [2.24, 2.45) is 0 Å². The van der Waals surface area contributed by atoms with Gasteiger partial charge in [-0.25, -0.2) is 14.5 Å². The maximum Gasteiger partial charge on any atom is 0.418 e. The predicted octanol–water partition coefficient (Wildman–Crippen LogP) is 5.44. The van der Waals surface area contributed by atoms with Crippen LogP contribution in [0.2, 0.25) is 0 Å². The smallest absolute Gasteiger partial charge is 0.418 e. The fourth-order valence-corrected chi connectivity index (χ4v) is 4.66. The van der Waals surface area contributed by atoms with Gasteiger partial charge in [-0.2, -0.15) is 0 Å². The summed E-state index contributed by atoms with van der Waals surface area (Å²) in [5.41, 5.74) is 0.657.